The summed E-state index contributed by atoms with van der Waals surface area (Å²) in [7, 11) is -0.863. The van der Waals surface area contributed by atoms with Crippen molar-refractivity contribution in [3.8, 4) is 11.5 Å². The van der Waals surface area contributed by atoms with E-state index in [-0.39, 0.29) is 80.4 Å². The molecule has 4 aromatic rings. The van der Waals surface area contributed by atoms with Gasteiger partial charge >= 0.3 is 18.2 Å². The third kappa shape index (κ3) is 19.1. The van der Waals surface area contributed by atoms with Gasteiger partial charge in [-0.3, -0.25) is 33.4 Å². The van der Waals surface area contributed by atoms with E-state index in [4.69, 9.17) is 34.2 Å². The van der Waals surface area contributed by atoms with E-state index in [0.717, 1.165) is 132 Å². The monoisotopic (exact) mass is 1620 g/mol. The molecule has 4 aliphatic heterocycles. The highest BCUT2D eigenvalue weighted by Gasteiger charge is 2.68. The smallest absolute Gasteiger partial charge is 0.407 e. The van der Waals surface area contributed by atoms with Crippen LogP contribution in [-0.2, 0) is 91.8 Å². The van der Waals surface area contributed by atoms with Crippen LogP contribution >= 0.6 is 0 Å². The third-order valence-corrected chi connectivity index (χ3v) is 28.8. The minimum atomic E-state index is -3.87. The Morgan fingerprint density at radius 3 is 1.35 bits per heavy atom. The summed E-state index contributed by atoms with van der Waals surface area (Å²) in [5.41, 5.74) is 3.07. The maximum absolute atomic E-state index is 14.9. The summed E-state index contributed by atoms with van der Waals surface area (Å²) >= 11 is 0. The zero-order valence-corrected chi connectivity index (χ0v) is 69.7. The first-order valence-electron chi connectivity index (χ1n) is 40.2. The molecule has 6 saturated carbocycles. The Kier molecular flexibility index (Phi) is 24.8. The number of fused-ring (bicyclic) bond motifs is 10. The molecule has 29 heteroatoms. The van der Waals surface area contributed by atoms with Crippen molar-refractivity contribution in [3.63, 3.8) is 0 Å². The van der Waals surface area contributed by atoms with E-state index < -0.39 is 130 Å². The van der Waals surface area contributed by atoms with Crippen molar-refractivity contribution in [2.75, 3.05) is 54.7 Å². The number of hydrogen-bond acceptors (Lipinski definition) is 19. The van der Waals surface area contributed by atoms with Gasteiger partial charge in [0.25, 0.3) is 11.8 Å². The molecule has 0 unspecified atom stereocenters. The standard InChI is InChI=1S/C42H58N4O9S.C32H44N2O7.C10H16N2O3S.CH4/c1-39(2,3)34-36(48)46-23-41(54-7,22-32(46)35(47)44-42(21-31(42)25-11-12-25)37(49)45-56(51,52)30-15-16-30)29-14-13-26-20-33(53-6)27(18-28(26)19-29)10-8-9-17-40(4,5)24-55-38(50)43-34;1-30(2,3)26-27(35)34-18-32(40-7,17-24(34)28(36)37)23-12-11-20-16-25(39-6)21(14-22(20)15-23)10-8-9-13-31(4,5)19-41-29(38)33-26;11-10(5-8(10)6-1-2-6)9(13)12-16(14,15)7-3-4-7;/h13-14,18-20,25,30-32,34H,8-12,15-17,21-24H2,1-7H3,(H,43,50)(H,44,47)(H,45,49);11-12,14-16,24,26H,8-10,13,17-19H2,1-7H3,(H,33,38)(H,36,37);6-8H,1-5,11H2,(H,12,13);1H4/t31-,32-,34+,41-,42+;24-,26+,32-;8-,10+;/m000./s1. The Hall–Kier alpha value is -7.86. The fraction of sp³-hybridized carbons (Fsp3) is 0.671. The molecule has 2 saturated heterocycles. The third-order valence-electron chi connectivity index (χ3n) is 25.2. The van der Waals surface area contributed by atoms with Crippen LogP contribution in [0.4, 0.5) is 9.59 Å². The number of amides is 7. The number of carbonyl (C=O) groups is 8. The quantitative estimate of drug-likeness (QED) is 0.0581. The number of carboxylic acids is 1. The topological polar surface area (TPSA) is 373 Å². The van der Waals surface area contributed by atoms with Crippen LogP contribution in [0.15, 0.2) is 60.7 Å². The van der Waals surface area contributed by atoms with Crippen molar-refractivity contribution in [2.24, 2.45) is 51.1 Å². The Balaban J connectivity index is 0.000000192. The Labute approximate surface area is 671 Å². The van der Waals surface area contributed by atoms with Crippen LogP contribution in [0.25, 0.3) is 21.5 Å². The van der Waals surface area contributed by atoms with Crippen molar-refractivity contribution >= 4 is 89.3 Å². The van der Waals surface area contributed by atoms with Gasteiger partial charge < -0.3 is 65.0 Å². The van der Waals surface area contributed by atoms with E-state index in [0.29, 0.717) is 44.4 Å². The number of ether oxygens (including phenoxy) is 6. The Bertz CT molecular complexity index is 4600. The number of alkyl carbamates (subject to hydrolysis) is 2. The second-order valence-electron chi connectivity index (χ2n) is 37.5. The fourth-order valence-electron chi connectivity index (χ4n) is 17.2. The number of cyclic esters (lactones) is 2. The second-order valence-corrected chi connectivity index (χ2v) is 41.4. The van der Waals surface area contributed by atoms with Crippen molar-refractivity contribution in [1.29, 1.82) is 0 Å². The molecule has 4 heterocycles. The molecule has 628 valence electrons. The molecule has 10 aliphatic rings. The highest BCUT2D eigenvalue weighted by molar-refractivity contribution is 7.91. The number of benzene rings is 4. The van der Waals surface area contributed by atoms with Crippen LogP contribution in [0, 0.1) is 45.3 Å². The summed E-state index contributed by atoms with van der Waals surface area (Å²) in [6.07, 6.45) is 13.0. The van der Waals surface area contributed by atoms with Gasteiger partial charge in [-0.15, -0.1) is 0 Å². The molecule has 10 bridgehead atoms. The summed E-state index contributed by atoms with van der Waals surface area (Å²) in [6, 6.07) is 15.9. The number of nitrogens with zero attached hydrogens (tertiary/aromatic N) is 2. The van der Waals surface area contributed by atoms with Gasteiger partial charge in [-0.1, -0.05) is 114 Å². The molecule has 0 radical (unpaired) electrons. The van der Waals surface area contributed by atoms with Crippen LogP contribution in [0.1, 0.15) is 214 Å². The first-order chi connectivity index (χ1) is 52.9. The van der Waals surface area contributed by atoms with Crippen LogP contribution in [0.2, 0.25) is 0 Å². The number of hydrogen-bond donors (Lipinski definition) is 7. The molecular weight excluding hydrogens is 1500 g/mol. The van der Waals surface area contributed by atoms with Crippen LogP contribution in [0.3, 0.4) is 0 Å². The maximum atomic E-state index is 14.9. The lowest BCUT2D eigenvalue weighted by Gasteiger charge is -2.36. The number of aliphatic carboxylic acids is 1. The van der Waals surface area contributed by atoms with Crippen LogP contribution in [0.5, 0.6) is 11.5 Å². The molecule has 27 nitrogen and oxygen atoms in total. The molecule has 14 rings (SSSR count). The normalized spacial score (nSPS) is 29.3. The summed E-state index contributed by atoms with van der Waals surface area (Å²) in [6.45, 7) is 19.6. The highest BCUT2D eigenvalue weighted by atomic mass is 32.2. The molecule has 10 atom stereocenters. The predicted molar refractivity (Wildman–Crippen MR) is 431 cm³/mol. The van der Waals surface area contributed by atoms with E-state index in [1.165, 1.54) is 9.80 Å². The molecule has 0 aromatic heterocycles. The minimum absolute atomic E-state index is 0. The van der Waals surface area contributed by atoms with Gasteiger partial charge in [0, 0.05) is 27.1 Å². The van der Waals surface area contributed by atoms with Crippen molar-refractivity contribution < 1.29 is 88.7 Å². The highest BCUT2D eigenvalue weighted by Crippen LogP contribution is 2.58. The number of nitrogens with two attached hydrogens (primary N) is 1. The number of nitrogens with one attached hydrogen (secondary N) is 5. The Morgan fingerprint density at radius 2 is 0.956 bits per heavy atom. The van der Waals surface area contributed by atoms with Gasteiger partial charge in [0.1, 0.15) is 52.4 Å². The van der Waals surface area contributed by atoms with E-state index in [1.54, 1.807) is 28.4 Å². The average molecular weight is 1620 g/mol. The molecule has 7 amide bonds. The SMILES string of the molecule is C.COc1cc2ccc3cc2cc1CCCCC(C)(C)COC(=O)N[C@@H](C(C)(C)C)C(=O)N1C[C@@]3(OC)C[C@H]1C(=O)N[C@]1(C(=O)NS(=O)(=O)C2CC2)C[C@H]1C1CC1.COc1cc2ccc3cc2cc1CCCCC(C)(C)COC(=O)N[C@@H](C(C)(C)C)C(=O)N1C[C@@]3(OC)C[C@H]1C(=O)O.N[C@]1(C(=O)NS(=O)(=O)C2CC2)C[C@H]1C1CC1. The van der Waals surface area contributed by atoms with Crippen molar-refractivity contribution in [1.82, 2.24) is 35.2 Å². The van der Waals surface area contributed by atoms with Gasteiger partial charge in [-0.05, 0) is 228 Å². The number of carboxylic acid groups (broad SMARTS) is 1. The lowest BCUT2D eigenvalue weighted by atomic mass is 9.85. The first kappa shape index (κ1) is 87.0. The van der Waals surface area contributed by atoms with Gasteiger partial charge in [-0.25, -0.2) is 31.2 Å². The van der Waals surface area contributed by atoms with E-state index in [9.17, 15) is 60.3 Å². The molecule has 8 fully saturated rings. The number of sulfonamides is 2. The van der Waals surface area contributed by atoms with E-state index >= 15 is 0 Å². The maximum Gasteiger partial charge on any atom is 0.407 e. The van der Waals surface area contributed by atoms with Gasteiger partial charge in [-0.2, -0.15) is 0 Å². The van der Waals surface area contributed by atoms with Crippen LogP contribution in [-0.4, -0.2) is 180 Å². The first-order valence-corrected chi connectivity index (χ1v) is 43.3. The zero-order valence-electron chi connectivity index (χ0n) is 68.1. The van der Waals surface area contributed by atoms with Crippen molar-refractivity contribution in [2.45, 2.75) is 262 Å². The summed E-state index contributed by atoms with van der Waals surface area (Å²) < 4.78 is 88.7. The fourth-order valence-corrected chi connectivity index (χ4v) is 19.9. The molecule has 8 N–H and O–H groups in total. The largest absolute Gasteiger partial charge is 0.496 e. The van der Waals surface area contributed by atoms with E-state index in [2.05, 4.69) is 51.4 Å². The van der Waals surface area contributed by atoms with Crippen molar-refractivity contribution in [3.05, 3.63) is 82.9 Å². The number of rotatable bonds is 15. The summed E-state index contributed by atoms with van der Waals surface area (Å²) in [4.78, 5) is 111. The molecule has 114 heavy (non-hydrogen) atoms. The molecule has 4 aromatic carbocycles. The average Bonchev–Trinajstić information content (AvgIpc) is 1.57. The predicted octanol–water partition coefficient (Wildman–Crippen LogP) is 10.7. The second kappa shape index (κ2) is 32.6. The zero-order chi connectivity index (χ0) is 82.1. The number of carbonyl (C=O) groups excluding carboxylic acids is 7. The lowest BCUT2D eigenvalue weighted by Crippen LogP contribution is -2.60. The molecular formula is C85H122N8O19S2. The minimum Gasteiger partial charge on any atom is -0.496 e. The Morgan fingerprint density at radius 1 is 0.544 bits per heavy atom. The lowest BCUT2D eigenvalue weighted by molar-refractivity contribution is -0.150. The van der Waals surface area contributed by atoms with Crippen LogP contribution < -0.4 is 40.6 Å². The van der Waals surface area contributed by atoms with Gasteiger partial charge in [0.05, 0.1) is 56.6 Å². The van der Waals surface area contributed by atoms with E-state index in [1.807, 2.05) is 104 Å². The summed E-state index contributed by atoms with van der Waals surface area (Å²) in [5.74, 6) is -1.50. The summed E-state index contributed by atoms with van der Waals surface area (Å²) in [5, 5.41) is 21.7. The van der Waals surface area contributed by atoms with Gasteiger partial charge in [0.15, 0.2) is 0 Å². The molecule has 6 aliphatic carbocycles. The molecule has 0 spiro atoms. The van der Waals surface area contributed by atoms with Gasteiger partial charge in [0.2, 0.25) is 37.8 Å². The number of aryl methyl sites for hydroxylation is 2. The number of methoxy groups -OCH3 is 4.